The number of hydrogen-bond donors (Lipinski definition) is 1. The molecular formula is C19H27NO5. The van der Waals surface area contributed by atoms with Gasteiger partial charge in [0, 0.05) is 0 Å². The zero-order valence-electron chi connectivity index (χ0n) is 15.4. The van der Waals surface area contributed by atoms with Crippen molar-refractivity contribution in [2.45, 2.75) is 71.4 Å². The number of rotatable bonds is 5. The van der Waals surface area contributed by atoms with Crippen molar-refractivity contribution in [2.24, 2.45) is 0 Å². The number of benzene rings is 1. The molecular weight excluding hydrogens is 322 g/mol. The van der Waals surface area contributed by atoms with E-state index in [-0.39, 0.29) is 0 Å². The molecule has 1 unspecified atom stereocenters. The van der Waals surface area contributed by atoms with Gasteiger partial charge in [-0.2, -0.15) is 0 Å². The average Bonchev–Trinajstić information content (AvgIpc) is 2.55. The summed E-state index contributed by atoms with van der Waals surface area (Å²) >= 11 is 0. The highest BCUT2D eigenvalue weighted by molar-refractivity contribution is 5.81. The van der Waals surface area contributed by atoms with Crippen molar-refractivity contribution in [1.29, 1.82) is 0 Å². The van der Waals surface area contributed by atoms with E-state index in [9.17, 15) is 9.59 Å². The first kappa shape index (κ1) is 19.1. The molecule has 0 fully saturated rings. The van der Waals surface area contributed by atoms with E-state index in [0.29, 0.717) is 12.2 Å². The Morgan fingerprint density at radius 1 is 1.16 bits per heavy atom. The summed E-state index contributed by atoms with van der Waals surface area (Å²) in [5.74, 6) is -0.174. The second kappa shape index (κ2) is 8.23. The van der Waals surface area contributed by atoms with Crippen LogP contribution >= 0.6 is 0 Å². The molecule has 0 aliphatic heterocycles. The summed E-state index contributed by atoms with van der Waals surface area (Å²) in [6.45, 7) is 7.03. The van der Waals surface area contributed by atoms with Gasteiger partial charge in [-0.05, 0) is 76.1 Å². The van der Waals surface area contributed by atoms with Crippen LogP contribution in [0.25, 0.3) is 0 Å². The Labute approximate surface area is 148 Å². The van der Waals surface area contributed by atoms with Crippen molar-refractivity contribution in [1.82, 2.24) is 5.32 Å². The lowest BCUT2D eigenvalue weighted by atomic mass is 9.92. The van der Waals surface area contributed by atoms with Crippen LogP contribution in [0.1, 0.15) is 58.1 Å². The van der Waals surface area contributed by atoms with Gasteiger partial charge in [0.1, 0.15) is 11.6 Å². The van der Waals surface area contributed by atoms with Gasteiger partial charge < -0.3 is 10.1 Å². The molecule has 1 aromatic carbocycles. The van der Waals surface area contributed by atoms with Crippen molar-refractivity contribution < 1.29 is 24.1 Å². The first-order valence-corrected chi connectivity index (χ1v) is 8.78. The van der Waals surface area contributed by atoms with E-state index in [1.807, 2.05) is 12.1 Å². The van der Waals surface area contributed by atoms with Crippen molar-refractivity contribution in [2.75, 3.05) is 0 Å². The second-order valence-electron chi connectivity index (χ2n) is 7.23. The third-order valence-corrected chi connectivity index (χ3v) is 3.92. The highest BCUT2D eigenvalue weighted by Crippen LogP contribution is 2.25. The Bertz CT molecular complexity index is 621. The molecule has 1 aliphatic rings. The van der Waals surface area contributed by atoms with E-state index in [4.69, 9.17) is 14.5 Å². The van der Waals surface area contributed by atoms with Gasteiger partial charge in [-0.3, -0.25) is 4.89 Å². The van der Waals surface area contributed by atoms with Crippen LogP contribution in [-0.4, -0.2) is 23.7 Å². The smallest absolute Gasteiger partial charge is 0.408 e. The Morgan fingerprint density at radius 2 is 1.84 bits per heavy atom. The maximum atomic E-state index is 12.1. The van der Waals surface area contributed by atoms with Gasteiger partial charge in [0.2, 0.25) is 0 Å². The highest BCUT2D eigenvalue weighted by Gasteiger charge is 2.25. The fraction of sp³-hybridized carbons (Fsp3) is 0.579. The molecule has 25 heavy (non-hydrogen) atoms. The molecule has 0 bridgehead atoms. The first-order valence-electron chi connectivity index (χ1n) is 8.78. The van der Waals surface area contributed by atoms with Gasteiger partial charge in [-0.1, -0.05) is 13.0 Å². The van der Waals surface area contributed by atoms with Crippen LogP contribution < -0.4 is 10.2 Å². The molecule has 6 heteroatoms. The van der Waals surface area contributed by atoms with Crippen molar-refractivity contribution >= 4 is 12.1 Å². The second-order valence-corrected chi connectivity index (χ2v) is 7.23. The predicted molar refractivity (Wildman–Crippen MR) is 93.3 cm³/mol. The number of amides is 1. The summed E-state index contributed by atoms with van der Waals surface area (Å²) in [6.07, 6.45) is 4.16. The summed E-state index contributed by atoms with van der Waals surface area (Å²) < 4.78 is 5.15. The Kier molecular flexibility index (Phi) is 6.28. The molecule has 0 saturated heterocycles. The van der Waals surface area contributed by atoms with Gasteiger partial charge in [0.15, 0.2) is 5.75 Å². The number of nitrogens with one attached hydrogen (secondary N) is 1. The SMILES string of the molecule is CCC(NC(=O)OC(C)(C)C)C(=O)OOc1ccc2c(c1)CCCC2. The predicted octanol–water partition coefficient (Wildman–Crippen LogP) is 3.71. The molecule has 0 heterocycles. The topological polar surface area (TPSA) is 73.9 Å². The molecule has 1 atom stereocenters. The quantitative estimate of drug-likeness (QED) is 0.648. The summed E-state index contributed by atoms with van der Waals surface area (Å²) in [7, 11) is 0. The third-order valence-electron chi connectivity index (χ3n) is 3.92. The monoisotopic (exact) mass is 349 g/mol. The van der Waals surface area contributed by atoms with Crippen molar-refractivity contribution in [3.05, 3.63) is 29.3 Å². The van der Waals surface area contributed by atoms with Gasteiger partial charge in [-0.15, -0.1) is 0 Å². The fourth-order valence-corrected chi connectivity index (χ4v) is 2.69. The molecule has 0 aromatic heterocycles. The molecule has 0 saturated carbocycles. The minimum absolute atomic E-state index is 0.367. The first-order chi connectivity index (χ1) is 11.8. The number of carbonyl (C=O) groups is 2. The molecule has 1 amide bonds. The largest absolute Gasteiger partial charge is 0.444 e. The maximum absolute atomic E-state index is 12.1. The number of ether oxygens (including phenoxy) is 1. The van der Waals surface area contributed by atoms with Gasteiger partial charge >= 0.3 is 12.1 Å². The summed E-state index contributed by atoms with van der Waals surface area (Å²) in [5.41, 5.74) is 1.92. The number of hydrogen-bond acceptors (Lipinski definition) is 5. The van der Waals surface area contributed by atoms with Gasteiger partial charge in [0.05, 0.1) is 0 Å². The third kappa shape index (κ3) is 5.96. The summed E-state index contributed by atoms with van der Waals surface area (Å²) in [6, 6.07) is 4.88. The van der Waals surface area contributed by atoms with E-state index in [0.717, 1.165) is 19.3 Å². The molecule has 0 spiro atoms. The van der Waals surface area contributed by atoms with E-state index < -0.39 is 23.7 Å². The zero-order chi connectivity index (χ0) is 18.4. The van der Waals surface area contributed by atoms with Crippen molar-refractivity contribution in [3.63, 3.8) is 0 Å². The van der Waals surface area contributed by atoms with Gasteiger partial charge in [-0.25, -0.2) is 14.5 Å². The van der Waals surface area contributed by atoms with E-state index in [1.54, 1.807) is 33.8 Å². The molecule has 138 valence electrons. The van der Waals surface area contributed by atoms with E-state index >= 15 is 0 Å². The normalized spacial score (nSPS) is 14.9. The standard InChI is InChI=1S/C19H27NO5/c1-5-16(20-18(22)23-19(2,3)4)17(21)25-24-15-11-10-13-8-6-7-9-14(13)12-15/h10-12,16H,5-9H2,1-4H3,(H,20,22). The maximum Gasteiger partial charge on any atom is 0.408 e. The molecule has 0 radical (unpaired) electrons. The van der Waals surface area contributed by atoms with E-state index in [1.165, 1.54) is 17.5 Å². The molecule has 6 nitrogen and oxygen atoms in total. The van der Waals surface area contributed by atoms with Crippen LogP contribution in [0.15, 0.2) is 18.2 Å². The number of carbonyl (C=O) groups excluding carboxylic acids is 2. The molecule has 1 N–H and O–H groups in total. The van der Waals surface area contributed by atoms with Crippen LogP contribution in [0.3, 0.4) is 0 Å². The number of aryl methyl sites for hydroxylation is 2. The summed E-state index contributed by atoms with van der Waals surface area (Å²) in [5, 5.41) is 2.49. The molecule has 1 aliphatic carbocycles. The van der Waals surface area contributed by atoms with Crippen LogP contribution in [0, 0.1) is 0 Å². The van der Waals surface area contributed by atoms with E-state index in [2.05, 4.69) is 5.32 Å². The fourth-order valence-electron chi connectivity index (χ4n) is 2.69. The Hall–Kier alpha value is -2.24. The average molecular weight is 349 g/mol. The molecule has 2 rings (SSSR count). The zero-order valence-corrected chi connectivity index (χ0v) is 15.4. The Morgan fingerprint density at radius 3 is 2.48 bits per heavy atom. The minimum atomic E-state index is -0.826. The number of fused-ring (bicyclic) bond motifs is 1. The van der Waals surface area contributed by atoms with Crippen LogP contribution in [-0.2, 0) is 27.3 Å². The van der Waals surface area contributed by atoms with Crippen LogP contribution in [0.4, 0.5) is 4.79 Å². The lowest BCUT2D eigenvalue weighted by molar-refractivity contribution is -0.216. The minimum Gasteiger partial charge on any atom is -0.444 e. The lowest BCUT2D eigenvalue weighted by Gasteiger charge is -2.22. The van der Waals surface area contributed by atoms with Crippen LogP contribution in [0.5, 0.6) is 5.75 Å². The van der Waals surface area contributed by atoms with Crippen LogP contribution in [0.2, 0.25) is 0 Å². The highest BCUT2D eigenvalue weighted by atomic mass is 17.2. The summed E-state index contributed by atoms with van der Waals surface area (Å²) in [4.78, 5) is 34.0. The Balaban J connectivity index is 1.88. The lowest BCUT2D eigenvalue weighted by Crippen LogP contribution is -2.44. The van der Waals surface area contributed by atoms with Crippen molar-refractivity contribution in [3.8, 4) is 5.75 Å². The molecule has 1 aromatic rings. The number of alkyl carbamates (subject to hydrolysis) is 1. The van der Waals surface area contributed by atoms with Gasteiger partial charge in [0.25, 0.3) is 0 Å².